The maximum Gasteiger partial charge on any atom is 0.152 e. The minimum absolute atomic E-state index is 0.0901. The monoisotopic (exact) mass is 206 g/mol. The van der Waals surface area contributed by atoms with Crippen molar-refractivity contribution in [3.63, 3.8) is 0 Å². The molecule has 0 saturated carbocycles. The summed E-state index contributed by atoms with van der Waals surface area (Å²) in [5.74, 6) is 0.0901. The van der Waals surface area contributed by atoms with E-state index in [2.05, 4.69) is 39.0 Å². The molecule has 0 bridgehead atoms. The number of hydrogen-bond donors (Lipinski definition) is 0. The quantitative estimate of drug-likeness (QED) is 0.287. The average molecular weight is 206 g/mol. The van der Waals surface area contributed by atoms with E-state index < -0.39 is 0 Å². The van der Waals surface area contributed by atoms with Crippen LogP contribution in [0.4, 0.5) is 0 Å². The summed E-state index contributed by atoms with van der Waals surface area (Å²) in [6.45, 7) is 8.12. The lowest BCUT2D eigenvalue weighted by Crippen LogP contribution is -1.97. The van der Waals surface area contributed by atoms with Gasteiger partial charge in [0.2, 0.25) is 0 Å². The molecular weight excluding hydrogens is 184 g/mol. The van der Waals surface area contributed by atoms with Crippen molar-refractivity contribution in [2.75, 3.05) is 0 Å². The van der Waals surface area contributed by atoms with Gasteiger partial charge < -0.3 is 0 Å². The van der Waals surface area contributed by atoms with Crippen LogP contribution in [0.1, 0.15) is 40.5 Å². The standard InChI is InChI=1S/C14H22O/c1-13(15)11-9-7-5-6-8-10-12-14(2,3)4/h5,7,9-12H,6,8H2,1-4H3. The Labute approximate surface area is 93.6 Å². The number of carbonyl (C=O) groups is 1. The number of ketones is 1. The van der Waals surface area contributed by atoms with Gasteiger partial charge in [0.15, 0.2) is 5.78 Å². The molecule has 0 aromatic rings. The Morgan fingerprint density at radius 1 is 1.07 bits per heavy atom. The Morgan fingerprint density at radius 3 is 2.20 bits per heavy atom. The van der Waals surface area contributed by atoms with Gasteiger partial charge in [0.1, 0.15) is 0 Å². The summed E-state index contributed by atoms with van der Waals surface area (Å²) < 4.78 is 0. The van der Waals surface area contributed by atoms with E-state index in [1.165, 1.54) is 0 Å². The van der Waals surface area contributed by atoms with Gasteiger partial charge in [-0.2, -0.15) is 0 Å². The number of carbonyl (C=O) groups excluding carboxylic acids is 1. The van der Waals surface area contributed by atoms with Crippen molar-refractivity contribution in [3.05, 3.63) is 36.5 Å². The highest BCUT2D eigenvalue weighted by molar-refractivity contribution is 5.87. The van der Waals surface area contributed by atoms with Crippen LogP contribution in [-0.4, -0.2) is 5.78 Å². The molecule has 0 amide bonds. The fourth-order valence-electron chi connectivity index (χ4n) is 0.995. The summed E-state index contributed by atoms with van der Waals surface area (Å²) in [6, 6.07) is 0. The summed E-state index contributed by atoms with van der Waals surface area (Å²) in [4.78, 5) is 10.6. The SMILES string of the molecule is CC(=O)C=CC=CCCC=CC(C)(C)C. The average Bonchev–Trinajstić information content (AvgIpc) is 2.07. The first-order chi connectivity index (χ1) is 6.92. The molecule has 0 radical (unpaired) electrons. The van der Waals surface area contributed by atoms with Crippen molar-refractivity contribution >= 4 is 5.78 Å². The Hall–Kier alpha value is -1.11. The summed E-state index contributed by atoms with van der Waals surface area (Å²) in [6.07, 6.45) is 13.9. The molecule has 0 aromatic carbocycles. The summed E-state index contributed by atoms with van der Waals surface area (Å²) in [5.41, 5.74) is 0.276. The summed E-state index contributed by atoms with van der Waals surface area (Å²) >= 11 is 0. The molecule has 0 aliphatic rings. The maximum atomic E-state index is 10.6. The highest BCUT2D eigenvalue weighted by Crippen LogP contribution is 2.15. The van der Waals surface area contributed by atoms with Crippen molar-refractivity contribution in [2.45, 2.75) is 40.5 Å². The van der Waals surface area contributed by atoms with Crippen molar-refractivity contribution in [1.82, 2.24) is 0 Å². The van der Waals surface area contributed by atoms with Crippen molar-refractivity contribution in [3.8, 4) is 0 Å². The van der Waals surface area contributed by atoms with E-state index in [1.54, 1.807) is 19.1 Å². The molecule has 0 aliphatic heterocycles. The van der Waals surface area contributed by atoms with Gasteiger partial charge in [0.05, 0.1) is 0 Å². The lowest BCUT2D eigenvalue weighted by molar-refractivity contribution is -0.112. The van der Waals surface area contributed by atoms with E-state index in [1.807, 2.05) is 6.08 Å². The molecule has 0 rings (SSSR count). The van der Waals surface area contributed by atoms with E-state index in [-0.39, 0.29) is 11.2 Å². The first-order valence-corrected chi connectivity index (χ1v) is 5.43. The van der Waals surface area contributed by atoms with Gasteiger partial charge in [-0.25, -0.2) is 0 Å². The van der Waals surface area contributed by atoms with Gasteiger partial charge in [-0.3, -0.25) is 4.79 Å². The molecule has 1 heteroatoms. The molecule has 0 atom stereocenters. The van der Waals surface area contributed by atoms with Crippen molar-refractivity contribution in [2.24, 2.45) is 5.41 Å². The van der Waals surface area contributed by atoms with Gasteiger partial charge in [0.25, 0.3) is 0 Å². The van der Waals surface area contributed by atoms with Gasteiger partial charge in [0, 0.05) is 0 Å². The van der Waals surface area contributed by atoms with Crippen LogP contribution in [0.3, 0.4) is 0 Å². The molecule has 0 fully saturated rings. The number of unbranched alkanes of at least 4 members (excludes halogenated alkanes) is 1. The highest BCUT2D eigenvalue weighted by Gasteiger charge is 2.01. The van der Waals surface area contributed by atoms with Crippen LogP contribution in [0.5, 0.6) is 0 Å². The molecule has 0 N–H and O–H groups in total. The van der Waals surface area contributed by atoms with E-state index in [4.69, 9.17) is 0 Å². The fourth-order valence-corrected chi connectivity index (χ4v) is 0.995. The highest BCUT2D eigenvalue weighted by atomic mass is 16.1. The molecular formula is C14H22O. The molecule has 0 spiro atoms. The minimum Gasteiger partial charge on any atom is -0.295 e. The van der Waals surface area contributed by atoms with E-state index in [0.29, 0.717) is 0 Å². The van der Waals surface area contributed by atoms with Crippen LogP contribution in [0, 0.1) is 5.41 Å². The zero-order valence-electron chi connectivity index (χ0n) is 10.3. The van der Waals surface area contributed by atoms with Crippen molar-refractivity contribution < 1.29 is 4.79 Å². The molecule has 0 aliphatic carbocycles. The normalized spacial score (nSPS) is 13.3. The molecule has 0 aromatic heterocycles. The zero-order valence-corrected chi connectivity index (χ0v) is 10.3. The van der Waals surface area contributed by atoms with Gasteiger partial charge in [-0.05, 0) is 31.3 Å². The smallest absolute Gasteiger partial charge is 0.152 e. The van der Waals surface area contributed by atoms with Crippen LogP contribution >= 0.6 is 0 Å². The Morgan fingerprint density at radius 2 is 1.67 bits per heavy atom. The Balaban J connectivity index is 3.63. The zero-order chi connectivity index (χ0) is 11.7. The molecule has 84 valence electrons. The largest absolute Gasteiger partial charge is 0.295 e. The predicted octanol–water partition coefficient (Wildman–Crippen LogP) is 4.07. The first kappa shape index (κ1) is 13.9. The minimum atomic E-state index is 0.0901. The van der Waals surface area contributed by atoms with Gasteiger partial charge >= 0.3 is 0 Å². The number of allylic oxidation sites excluding steroid dienone is 6. The first-order valence-electron chi connectivity index (χ1n) is 5.43. The van der Waals surface area contributed by atoms with Crippen LogP contribution < -0.4 is 0 Å². The second-order valence-corrected chi connectivity index (χ2v) is 4.74. The third-order valence-electron chi connectivity index (χ3n) is 1.70. The Bertz CT molecular complexity index is 262. The third kappa shape index (κ3) is 12.9. The summed E-state index contributed by atoms with van der Waals surface area (Å²) in [7, 11) is 0. The van der Waals surface area contributed by atoms with Crippen LogP contribution in [0.25, 0.3) is 0 Å². The molecule has 15 heavy (non-hydrogen) atoms. The lowest BCUT2D eigenvalue weighted by atomic mass is 9.96. The van der Waals surface area contributed by atoms with Gasteiger partial charge in [-0.15, -0.1) is 0 Å². The second kappa shape index (κ2) is 7.22. The number of rotatable bonds is 5. The lowest BCUT2D eigenvalue weighted by Gasteiger charge is -2.10. The third-order valence-corrected chi connectivity index (χ3v) is 1.70. The van der Waals surface area contributed by atoms with E-state index in [0.717, 1.165) is 12.8 Å². The number of hydrogen-bond acceptors (Lipinski definition) is 1. The second-order valence-electron chi connectivity index (χ2n) is 4.74. The summed E-state index contributed by atoms with van der Waals surface area (Å²) in [5, 5.41) is 0. The van der Waals surface area contributed by atoms with Crippen LogP contribution in [-0.2, 0) is 4.79 Å². The fraction of sp³-hybridized carbons (Fsp3) is 0.500. The molecule has 1 nitrogen and oxygen atoms in total. The Kier molecular flexibility index (Phi) is 6.68. The maximum absolute atomic E-state index is 10.6. The van der Waals surface area contributed by atoms with E-state index >= 15 is 0 Å². The van der Waals surface area contributed by atoms with Gasteiger partial charge in [-0.1, -0.05) is 51.2 Å². The van der Waals surface area contributed by atoms with Crippen molar-refractivity contribution in [1.29, 1.82) is 0 Å². The molecule has 0 heterocycles. The topological polar surface area (TPSA) is 17.1 Å². The van der Waals surface area contributed by atoms with Crippen LogP contribution in [0.15, 0.2) is 36.5 Å². The molecule has 0 saturated heterocycles. The molecule has 0 unspecified atom stereocenters. The van der Waals surface area contributed by atoms with E-state index in [9.17, 15) is 4.79 Å². The van der Waals surface area contributed by atoms with Crippen LogP contribution in [0.2, 0.25) is 0 Å². The predicted molar refractivity (Wildman–Crippen MR) is 66.8 cm³/mol.